The first kappa shape index (κ1) is 16.0. The summed E-state index contributed by atoms with van der Waals surface area (Å²) in [5.41, 5.74) is 2.14. The molecule has 2 bridgehead atoms. The summed E-state index contributed by atoms with van der Waals surface area (Å²) in [5, 5.41) is 12.6. The van der Waals surface area contributed by atoms with Gasteiger partial charge < -0.3 is 9.64 Å². The number of halogens is 1. The zero-order valence-corrected chi connectivity index (χ0v) is 14.1. The van der Waals surface area contributed by atoms with Crippen LogP contribution in [-0.2, 0) is 9.53 Å². The molecule has 130 valence electrons. The molecular weight excluding hydrogens is 347 g/mol. The van der Waals surface area contributed by atoms with Crippen LogP contribution in [0.1, 0.15) is 29.4 Å². The fraction of sp³-hybridized carbons (Fsp3) is 0.294. The summed E-state index contributed by atoms with van der Waals surface area (Å²) in [5.74, 6) is -0.886. The van der Waals surface area contributed by atoms with Gasteiger partial charge in [0.2, 0.25) is 0 Å². The Morgan fingerprint density at radius 3 is 2.80 bits per heavy atom. The number of benzene rings is 1. The van der Waals surface area contributed by atoms with Crippen molar-refractivity contribution < 1.29 is 23.9 Å². The summed E-state index contributed by atoms with van der Waals surface area (Å²) in [6.07, 6.45) is 0. The Labute approximate surface area is 147 Å². The van der Waals surface area contributed by atoms with E-state index in [-0.39, 0.29) is 19.0 Å². The molecule has 3 heterocycles. The van der Waals surface area contributed by atoms with Crippen molar-refractivity contribution >= 4 is 23.3 Å². The molecule has 4 rings (SSSR count). The number of nitrogens with zero attached hydrogens (tertiary/aromatic N) is 2. The summed E-state index contributed by atoms with van der Waals surface area (Å²) in [6, 6.07) is 3.92. The lowest BCUT2D eigenvalue weighted by Gasteiger charge is -2.30. The number of rotatable bonds is 3. The molecular formula is C17H15FN2O4S. The first-order valence-corrected chi connectivity index (χ1v) is 8.73. The lowest BCUT2D eigenvalue weighted by atomic mass is 9.92. The Hall–Kier alpha value is -2.45. The van der Waals surface area contributed by atoms with Gasteiger partial charge >= 0.3 is 12.0 Å². The molecule has 25 heavy (non-hydrogen) atoms. The normalized spacial score (nSPS) is 21.5. The summed E-state index contributed by atoms with van der Waals surface area (Å²) in [6.45, 7) is 2.12. The summed E-state index contributed by atoms with van der Waals surface area (Å²) < 4.78 is 18.4. The lowest BCUT2D eigenvalue weighted by Crippen LogP contribution is -2.39. The van der Waals surface area contributed by atoms with Crippen molar-refractivity contribution in [1.82, 2.24) is 9.96 Å². The second-order valence-electron chi connectivity index (χ2n) is 5.88. The highest BCUT2D eigenvalue weighted by Gasteiger charge is 2.52. The number of hydrogen-bond donors (Lipinski definition) is 1. The van der Waals surface area contributed by atoms with Crippen LogP contribution in [0.3, 0.4) is 0 Å². The molecule has 0 aliphatic carbocycles. The van der Waals surface area contributed by atoms with E-state index in [1.807, 2.05) is 5.38 Å². The molecule has 2 aromatic rings. The van der Waals surface area contributed by atoms with Crippen molar-refractivity contribution in [2.45, 2.75) is 19.0 Å². The second kappa shape index (κ2) is 5.82. The number of urea groups is 1. The number of hydrogen-bond acceptors (Lipinski definition) is 5. The van der Waals surface area contributed by atoms with Crippen LogP contribution in [0.2, 0.25) is 0 Å². The second-order valence-corrected chi connectivity index (χ2v) is 6.80. The molecule has 0 saturated carbocycles. The zero-order valence-electron chi connectivity index (χ0n) is 13.3. The van der Waals surface area contributed by atoms with E-state index >= 15 is 0 Å². The number of hydroxylamine groups is 2. The van der Waals surface area contributed by atoms with Gasteiger partial charge in [0.25, 0.3) is 0 Å². The van der Waals surface area contributed by atoms with Crippen LogP contribution >= 0.6 is 11.3 Å². The largest absolute Gasteiger partial charge is 0.464 e. The van der Waals surface area contributed by atoms with E-state index in [0.29, 0.717) is 10.6 Å². The Bertz CT molecular complexity index is 851. The van der Waals surface area contributed by atoms with E-state index in [0.717, 1.165) is 16.0 Å². The minimum Gasteiger partial charge on any atom is -0.464 e. The van der Waals surface area contributed by atoms with Gasteiger partial charge in [-0.3, -0.25) is 5.21 Å². The third kappa shape index (κ3) is 2.32. The number of esters is 1. The quantitative estimate of drug-likeness (QED) is 0.672. The van der Waals surface area contributed by atoms with Gasteiger partial charge in [-0.15, -0.1) is 11.3 Å². The molecule has 2 aliphatic heterocycles. The topological polar surface area (TPSA) is 70.1 Å². The molecule has 0 spiro atoms. The van der Waals surface area contributed by atoms with Crippen LogP contribution in [0.5, 0.6) is 0 Å². The minimum absolute atomic E-state index is 0.189. The van der Waals surface area contributed by atoms with Crippen LogP contribution in [0.4, 0.5) is 9.18 Å². The maximum absolute atomic E-state index is 13.2. The predicted molar refractivity (Wildman–Crippen MR) is 87.6 cm³/mol. The molecule has 0 unspecified atom stereocenters. The maximum atomic E-state index is 13.2. The first-order valence-electron chi connectivity index (χ1n) is 7.85. The standard InChI is InChI=1S/C17H15FN2O4S/c1-2-24-16(21)14-13-11(9-3-5-10(18)6-4-9)8-25-15(13)12-7-19(14)17(22)20(12)23/h3-6,8,12,14,23H,2,7H2,1H3/t12-,14-/m0/s1. The number of thiophene rings is 1. The Kier molecular flexibility index (Phi) is 3.73. The summed E-state index contributed by atoms with van der Waals surface area (Å²) >= 11 is 1.37. The lowest BCUT2D eigenvalue weighted by molar-refractivity contribution is -0.148. The fourth-order valence-corrected chi connectivity index (χ4v) is 4.60. The van der Waals surface area contributed by atoms with Crippen LogP contribution in [0.25, 0.3) is 11.1 Å². The highest BCUT2D eigenvalue weighted by Crippen LogP contribution is 2.50. The number of amides is 2. The van der Waals surface area contributed by atoms with E-state index in [2.05, 4.69) is 0 Å². The summed E-state index contributed by atoms with van der Waals surface area (Å²) in [7, 11) is 0. The van der Waals surface area contributed by atoms with Gasteiger partial charge in [0.05, 0.1) is 13.2 Å². The third-order valence-electron chi connectivity index (χ3n) is 4.52. The van der Waals surface area contributed by atoms with Gasteiger partial charge in [-0.05, 0) is 35.6 Å². The van der Waals surface area contributed by atoms with Crippen LogP contribution in [0.15, 0.2) is 29.6 Å². The van der Waals surface area contributed by atoms with Crippen molar-refractivity contribution in [1.29, 1.82) is 0 Å². The van der Waals surface area contributed by atoms with E-state index < -0.39 is 24.1 Å². The highest BCUT2D eigenvalue weighted by atomic mass is 32.1. The van der Waals surface area contributed by atoms with Crippen LogP contribution in [-0.4, -0.2) is 40.3 Å². The molecule has 1 N–H and O–H groups in total. The van der Waals surface area contributed by atoms with Gasteiger partial charge in [0, 0.05) is 10.4 Å². The molecule has 1 fully saturated rings. The molecule has 0 radical (unpaired) electrons. The van der Waals surface area contributed by atoms with Crippen molar-refractivity contribution in [3.63, 3.8) is 0 Å². The summed E-state index contributed by atoms with van der Waals surface area (Å²) in [4.78, 5) is 27.0. The molecule has 1 saturated heterocycles. The van der Waals surface area contributed by atoms with E-state index in [4.69, 9.17) is 4.74 Å². The van der Waals surface area contributed by atoms with E-state index in [1.54, 1.807) is 19.1 Å². The predicted octanol–water partition coefficient (Wildman–Crippen LogP) is 3.34. The van der Waals surface area contributed by atoms with Crippen molar-refractivity contribution in [2.75, 3.05) is 13.2 Å². The smallest absolute Gasteiger partial charge is 0.345 e. The minimum atomic E-state index is -0.915. The number of ether oxygens (including phenoxy) is 1. The number of carbonyl (C=O) groups is 2. The van der Waals surface area contributed by atoms with Crippen molar-refractivity contribution in [3.05, 3.63) is 45.9 Å². The Morgan fingerprint density at radius 1 is 1.40 bits per heavy atom. The number of fused-ring (bicyclic) bond motifs is 4. The molecule has 2 amide bonds. The Balaban J connectivity index is 1.88. The van der Waals surface area contributed by atoms with Crippen molar-refractivity contribution in [2.24, 2.45) is 0 Å². The highest BCUT2D eigenvalue weighted by molar-refractivity contribution is 7.10. The van der Waals surface area contributed by atoms with Gasteiger partial charge in [0.15, 0.2) is 6.04 Å². The molecule has 6 nitrogen and oxygen atoms in total. The monoisotopic (exact) mass is 362 g/mol. The van der Waals surface area contributed by atoms with Gasteiger partial charge in [0.1, 0.15) is 11.9 Å². The van der Waals surface area contributed by atoms with Crippen LogP contribution < -0.4 is 0 Å². The molecule has 8 heteroatoms. The zero-order chi connectivity index (χ0) is 17.7. The molecule has 2 atom stereocenters. The molecule has 2 aliphatic rings. The Morgan fingerprint density at radius 2 is 2.12 bits per heavy atom. The molecule has 1 aromatic carbocycles. The average Bonchev–Trinajstić information content (AvgIpc) is 3.13. The van der Waals surface area contributed by atoms with Crippen molar-refractivity contribution in [3.8, 4) is 11.1 Å². The SMILES string of the molecule is CCOC(=O)[C@@H]1c2c(-c3ccc(F)cc3)csc2[C@@H]2CN1C(=O)N2O. The first-order chi connectivity index (χ1) is 12.0. The maximum Gasteiger partial charge on any atom is 0.345 e. The van der Waals surface area contributed by atoms with Gasteiger partial charge in [-0.1, -0.05) is 12.1 Å². The van der Waals surface area contributed by atoms with Gasteiger partial charge in [-0.2, -0.15) is 5.06 Å². The molecule has 1 aromatic heterocycles. The van der Waals surface area contributed by atoms with E-state index in [1.165, 1.54) is 28.4 Å². The fourth-order valence-electron chi connectivity index (χ4n) is 3.41. The van der Waals surface area contributed by atoms with E-state index in [9.17, 15) is 19.2 Å². The van der Waals surface area contributed by atoms with Gasteiger partial charge in [-0.25, -0.2) is 14.0 Å². The van der Waals surface area contributed by atoms with Crippen LogP contribution in [0, 0.1) is 5.82 Å². The average molecular weight is 362 g/mol. The number of carbonyl (C=O) groups excluding carboxylic acids is 2. The third-order valence-corrected chi connectivity index (χ3v) is 5.62.